The van der Waals surface area contributed by atoms with Gasteiger partial charge < -0.3 is 14.2 Å². The smallest absolute Gasteiger partial charge is 0.328 e. The van der Waals surface area contributed by atoms with Gasteiger partial charge in [-0.15, -0.1) is 0 Å². The van der Waals surface area contributed by atoms with Crippen molar-refractivity contribution in [2.45, 2.75) is 12.0 Å². The number of carbonyl (C=O) groups is 3. The number of fused-ring (bicyclic) bond motifs is 1. The number of barbiturate groups is 1. The van der Waals surface area contributed by atoms with Gasteiger partial charge in [-0.3, -0.25) is 20.2 Å². The molecule has 1 aliphatic heterocycles. The van der Waals surface area contributed by atoms with E-state index < -0.39 is 23.4 Å². The maximum atomic E-state index is 12.6. The van der Waals surface area contributed by atoms with Crippen LogP contribution in [0.5, 0.6) is 17.2 Å². The van der Waals surface area contributed by atoms with Gasteiger partial charge in [-0.25, -0.2) is 14.5 Å². The summed E-state index contributed by atoms with van der Waals surface area (Å²) in [7, 11) is 1.43. The number of pyridine rings is 1. The third-order valence-corrected chi connectivity index (χ3v) is 5.92. The number of halogens is 1. The van der Waals surface area contributed by atoms with Crippen LogP contribution in [0.15, 0.2) is 67.0 Å². The number of urea groups is 1. The summed E-state index contributed by atoms with van der Waals surface area (Å²) in [6.07, 6.45) is 3.27. The van der Waals surface area contributed by atoms with E-state index in [0.717, 1.165) is 16.6 Å². The summed E-state index contributed by atoms with van der Waals surface area (Å²) in [6, 6.07) is 14.5. The van der Waals surface area contributed by atoms with Crippen molar-refractivity contribution in [3.8, 4) is 22.9 Å². The molecular weight excluding hydrogens is 502 g/mol. The number of rotatable bonds is 8. The minimum Gasteiger partial charge on any atom is -0.467 e. The predicted molar refractivity (Wildman–Crippen MR) is 132 cm³/mol. The summed E-state index contributed by atoms with van der Waals surface area (Å²) in [5.41, 5.74) is -0.308. The molecule has 4 amide bonds. The molecule has 0 radical (unpaired) electrons. The van der Waals surface area contributed by atoms with Crippen molar-refractivity contribution >= 4 is 40.3 Å². The van der Waals surface area contributed by atoms with Gasteiger partial charge in [0.15, 0.2) is 0 Å². The number of nitrogens with one attached hydrogen (secondary N) is 2. The minimum absolute atomic E-state index is 0.0593. The van der Waals surface area contributed by atoms with Crippen LogP contribution in [-0.4, -0.2) is 51.9 Å². The van der Waals surface area contributed by atoms with E-state index in [2.05, 4.69) is 20.7 Å². The molecule has 2 aromatic carbocycles. The molecule has 188 valence electrons. The third kappa shape index (κ3) is 4.82. The summed E-state index contributed by atoms with van der Waals surface area (Å²) < 4.78 is 18.5. The van der Waals surface area contributed by atoms with Crippen molar-refractivity contribution in [1.82, 2.24) is 25.4 Å². The minimum atomic E-state index is -1.95. The SMILES string of the molecule is COCCC1(Oc2ccc(Oc3ccc4c(cnn4-c4ccc(Cl)nc4)c3)cc2)C(=O)NC(=O)NC1=O. The number of nitrogens with zero attached hydrogens (tertiary/aromatic N) is 3. The van der Waals surface area contributed by atoms with Gasteiger partial charge in [-0.05, 0) is 54.6 Å². The lowest BCUT2D eigenvalue weighted by Crippen LogP contribution is -2.69. The van der Waals surface area contributed by atoms with Crippen LogP contribution in [0.2, 0.25) is 5.15 Å². The number of aromatic nitrogens is 3. The van der Waals surface area contributed by atoms with Gasteiger partial charge in [-0.1, -0.05) is 11.6 Å². The second-order valence-corrected chi connectivity index (χ2v) is 8.49. The Morgan fingerprint density at radius 3 is 2.30 bits per heavy atom. The first-order valence-corrected chi connectivity index (χ1v) is 11.5. The Labute approximate surface area is 215 Å². The zero-order valence-corrected chi connectivity index (χ0v) is 20.2. The van der Waals surface area contributed by atoms with E-state index >= 15 is 0 Å². The van der Waals surface area contributed by atoms with Crippen molar-refractivity contribution in [3.63, 3.8) is 0 Å². The predicted octanol–water partition coefficient (Wildman–Crippen LogP) is 3.39. The molecule has 0 atom stereocenters. The second kappa shape index (κ2) is 9.88. The fourth-order valence-corrected chi connectivity index (χ4v) is 3.96. The highest BCUT2D eigenvalue weighted by Gasteiger charge is 2.52. The first-order chi connectivity index (χ1) is 17.9. The Bertz CT molecular complexity index is 1470. The van der Waals surface area contributed by atoms with Gasteiger partial charge in [-0.2, -0.15) is 5.10 Å². The monoisotopic (exact) mass is 521 g/mol. The summed E-state index contributed by atoms with van der Waals surface area (Å²) >= 11 is 5.87. The Morgan fingerprint density at radius 2 is 1.62 bits per heavy atom. The van der Waals surface area contributed by atoms with E-state index in [4.69, 9.17) is 25.8 Å². The summed E-state index contributed by atoms with van der Waals surface area (Å²) in [5, 5.41) is 9.82. The van der Waals surface area contributed by atoms with Gasteiger partial charge in [0.1, 0.15) is 22.4 Å². The number of hydrogen-bond donors (Lipinski definition) is 2. The van der Waals surface area contributed by atoms with Gasteiger partial charge in [0.05, 0.1) is 30.2 Å². The zero-order chi connectivity index (χ0) is 26.0. The van der Waals surface area contributed by atoms with Gasteiger partial charge in [0.25, 0.3) is 17.4 Å². The highest BCUT2D eigenvalue weighted by molar-refractivity contribution is 6.29. The van der Waals surface area contributed by atoms with E-state index in [1.54, 1.807) is 47.4 Å². The van der Waals surface area contributed by atoms with Crippen LogP contribution in [0.4, 0.5) is 4.79 Å². The molecule has 0 spiro atoms. The average Bonchev–Trinajstić information content (AvgIpc) is 3.30. The van der Waals surface area contributed by atoms with Crippen LogP contribution < -0.4 is 20.1 Å². The van der Waals surface area contributed by atoms with E-state index in [1.807, 2.05) is 24.3 Å². The first-order valence-electron chi connectivity index (χ1n) is 11.1. The topological polar surface area (TPSA) is 134 Å². The molecule has 1 saturated heterocycles. The molecule has 37 heavy (non-hydrogen) atoms. The lowest BCUT2D eigenvalue weighted by Gasteiger charge is -2.34. The molecule has 0 saturated carbocycles. The number of ether oxygens (including phenoxy) is 3. The van der Waals surface area contributed by atoms with E-state index in [1.165, 1.54) is 7.11 Å². The number of carbonyl (C=O) groups excluding carboxylic acids is 3. The number of imide groups is 2. The highest BCUT2D eigenvalue weighted by atomic mass is 35.5. The summed E-state index contributed by atoms with van der Waals surface area (Å²) in [4.78, 5) is 40.7. The molecule has 1 fully saturated rings. The zero-order valence-electron chi connectivity index (χ0n) is 19.4. The molecule has 2 aromatic heterocycles. The Hall–Kier alpha value is -4.48. The van der Waals surface area contributed by atoms with Crippen molar-refractivity contribution < 1.29 is 28.6 Å². The van der Waals surface area contributed by atoms with E-state index in [9.17, 15) is 14.4 Å². The summed E-state index contributed by atoms with van der Waals surface area (Å²) in [6.45, 7) is 0.0593. The maximum absolute atomic E-state index is 12.6. The van der Waals surface area contributed by atoms with Gasteiger partial charge in [0, 0.05) is 18.9 Å². The first kappa shape index (κ1) is 24.2. The quantitative estimate of drug-likeness (QED) is 0.266. The van der Waals surface area contributed by atoms with Crippen LogP contribution in [0, 0.1) is 0 Å². The lowest BCUT2D eigenvalue weighted by molar-refractivity contribution is -0.153. The van der Waals surface area contributed by atoms with E-state index in [-0.39, 0.29) is 18.8 Å². The van der Waals surface area contributed by atoms with Crippen LogP contribution in [0.1, 0.15) is 6.42 Å². The Balaban J connectivity index is 1.32. The van der Waals surface area contributed by atoms with Crippen LogP contribution in [0.25, 0.3) is 16.6 Å². The molecule has 3 heterocycles. The number of hydrogen-bond acceptors (Lipinski definition) is 8. The number of benzene rings is 2. The average molecular weight is 522 g/mol. The van der Waals surface area contributed by atoms with Crippen LogP contribution in [0.3, 0.4) is 0 Å². The van der Waals surface area contributed by atoms with E-state index in [0.29, 0.717) is 16.7 Å². The van der Waals surface area contributed by atoms with Crippen molar-refractivity contribution in [2.24, 2.45) is 0 Å². The molecule has 5 rings (SSSR count). The van der Waals surface area contributed by atoms with Crippen molar-refractivity contribution in [1.29, 1.82) is 0 Å². The third-order valence-electron chi connectivity index (χ3n) is 5.69. The largest absolute Gasteiger partial charge is 0.467 e. The second-order valence-electron chi connectivity index (χ2n) is 8.10. The lowest BCUT2D eigenvalue weighted by atomic mass is 9.95. The van der Waals surface area contributed by atoms with Crippen LogP contribution >= 0.6 is 11.6 Å². The summed E-state index contributed by atoms with van der Waals surface area (Å²) in [5.74, 6) is -0.407. The highest BCUT2D eigenvalue weighted by Crippen LogP contribution is 2.30. The molecule has 1 aliphatic rings. The molecule has 0 bridgehead atoms. The molecule has 12 heteroatoms. The van der Waals surface area contributed by atoms with Crippen molar-refractivity contribution in [3.05, 3.63) is 72.1 Å². The Morgan fingerprint density at radius 1 is 0.919 bits per heavy atom. The molecular formula is C25H20ClN5O6. The fraction of sp³-hybridized carbons (Fsp3) is 0.160. The molecule has 0 unspecified atom stereocenters. The number of methoxy groups -OCH3 is 1. The molecule has 11 nitrogen and oxygen atoms in total. The standard InChI is InChI=1S/C25H20ClN5O6/c1-35-11-10-25(22(32)29-24(34)30-23(25)33)37-18-5-3-17(4-6-18)36-19-7-8-20-15(12-19)13-28-31(20)16-2-9-21(26)27-14-16/h2-9,12-14H,10-11H2,1H3,(H2,29,30,32,33,34). The molecule has 4 aromatic rings. The fourth-order valence-electron chi connectivity index (χ4n) is 3.85. The normalized spacial score (nSPS) is 14.8. The Kier molecular flexibility index (Phi) is 6.47. The molecule has 2 N–H and O–H groups in total. The maximum Gasteiger partial charge on any atom is 0.328 e. The number of amides is 4. The van der Waals surface area contributed by atoms with Crippen molar-refractivity contribution in [2.75, 3.05) is 13.7 Å². The van der Waals surface area contributed by atoms with Crippen LogP contribution in [-0.2, 0) is 14.3 Å². The van der Waals surface area contributed by atoms with Gasteiger partial charge in [0.2, 0.25) is 0 Å². The van der Waals surface area contributed by atoms with Gasteiger partial charge >= 0.3 is 6.03 Å². The molecule has 0 aliphatic carbocycles.